The molecule has 0 fully saturated rings. The van der Waals surface area contributed by atoms with Gasteiger partial charge in [0.1, 0.15) is 5.75 Å². The highest BCUT2D eigenvalue weighted by molar-refractivity contribution is 6.11. The summed E-state index contributed by atoms with van der Waals surface area (Å²) in [6.07, 6.45) is -5.77. The van der Waals surface area contributed by atoms with E-state index in [4.69, 9.17) is 4.74 Å². The van der Waals surface area contributed by atoms with Gasteiger partial charge in [-0.25, -0.2) is 0 Å². The van der Waals surface area contributed by atoms with Gasteiger partial charge in [-0.2, -0.15) is 13.2 Å². The Kier molecular flexibility index (Phi) is 4.35. The van der Waals surface area contributed by atoms with Gasteiger partial charge in [-0.15, -0.1) is 0 Å². The van der Waals surface area contributed by atoms with Crippen molar-refractivity contribution in [2.24, 2.45) is 0 Å². The molecule has 1 heterocycles. The van der Waals surface area contributed by atoms with Crippen LogP contribution < -0.4 is 15.4 Å². The van der Waals surface area contributed by atoms with E-state index >= 15 is 0 Å². The van der Waals surface area contributed by atoms with Crippen molar-refractivity contribution in [3.8, 4) is 5.75 Å². The third-order valence-electron chi connectivity index (χ3n) is 3.61. The highest BCUT2D eigenvalue weighted by Crippen LogP contribution is 2.30. The number of hydrogen-bond donors (Lipinski definition) is 2. The minimum absolute atomic E-state index is 0.0221. The molecule has 2 amide bonds. The van der Waals surface area contributed by atoms with E-state index in [1.807, 2.05) is 0 Å². The highest BCUT2D eigenvalue weighted by atomic mass is 19.4. The minimum Gasteiger partial charge on any atom is -0.468 e. The van der Waals surface area contributed by atoms with E-state index < -0.39 is 29.7 Å². The van der Waals surface area contributed by atoms with Crippen molar-refractivity contribution in [3.05, 3.63) is 59.7 Å². The van der Waals surface area contributed by atoms with E-state index in [1.165, 1.54) is 12.1 Å². The number of fused-ring (bicyclic) bond motifs is 1. The summed E-state index contributed by atoms with van der Waals surface area (Å²) in [6, 6.07) is 11.1. The number of anilines is 1. The van der Waals surface area contributed by atoms with E-state index in [1.54, 1.807) is 24.3 Å². The van der Waals surface area contributed by atoms with Crippen LogP contribution in [-0.4, -0.2) is 17.9 Å². The van der Waals surface area contributed by atoms with E-state index in [0.29, 0.717) is 17.0 Å². The van der Waals surface area contributed by atoms with Gasteiger partial charge >= 0.3 is 6.18 Å². The molecule has 0 spiro atoms. The summed E-state index contributed by atoms with van der Waals surface area (Å²) in [5.74, 6) is -0.910. The Morgan fingerprint density at radius 3 is 2.48 bits per heavy atom. The third kappa shape index (κ3) is 3.73. The van der Waals surface area contributed by atoms with Gasteiger partial charge in [0.25, 0.3) is 17.9 Å². The Bertz CT molecular complexity index is 804. The zero-order valence-corrected chi connectivity index (χ0v) is 12.8. The average Bonchev–Trinajstić information content (AvgIpc) is 2.58. The van der Waals surface area contributed by atoms with Crippen LogP contribution in [0.15, 0.2) is 48.5 Å². The standard InChI is InChI=1S/C17H13F3N2O3/c18-17(19,20)11-7-5-10(6-8-11)9-21-15(23)14-16(24)22-12-3-1-2-4-13(12)25-14/h1-8,14H,9H2,(H,21,23)(H,22,24). The van der Waals surface area contributed by atoms with Gasteiger partial charge in [-0.1, -0.05) is 24.3 Å². The fourth-order valence-electron chi connectivity index (χ4n) is 2.32. The number of para-hydroxylation sites is 2. The van der Waals surface area contributed by atoms with Crippen LogP contribution in [0.5, 0.6) is 5.75 Å². The minimum atomic E-state index is -4.41. The van der Waals surface area contributed by atoms with Gasteiger partial charge in [-0.3, -0.25) is 9.59 Å². The van der Waals surface area contributed by atoms with E-state index in [0.717, 1.165) is 12.1 Å². The molecule has 1 aliphatic heterocycles. The molecule has 1 aliphatic rings. The molecule has 8 heteroatoms. The first-order valence-electron chi connectivity index (χ1n) is 7.35. The zero-order chi connectivity index (χ0) is 18.0. The molecule has 5 nitrogen and oxygen atoms in total. The molecule has 2 aromatic carbocycles. The predicted molar refractivity (Wildman–Crippen MR) is 82.8 cm³/mol. The van der Waals surface area contributed by atoms with E-state index in [2.05, 4.69) is 10.6 Å². The average molecular weight is 350 g/mol. The summed E-state index contributed by atoms with van der Waals surface area (Å²) >= 11 is 0. The summed E-state index contributed by atoms with van der Waals surface area (Å²) in [7, 11) is 0. The molecule has 0 aromatic heterocycles. The maximum absolute atomic E-state index is 12.5. The molecule has 0 saturated heterocycles. The summed E-state index contributed by atoms with van der Waals surface area (Å²) < 4.78 is 42.9. The Morgan fingerprint density at radius 1 is 1.12 bits per heavy atom. The monoisotopic (exact) mass is 350 g/mol. The quantitative estimate of drug-likeness (QED) is 0.837. The van der Waals surface area contributed by atoms with Gasteiger partial charge in [0.15, 0.2) is 0 Å². The smallest absolute Gasteiger partial charge is 0.416 e. The Hall–Kier alpha value is -3.03. The van der Waals surface area contributed by atoms with Crippen LogP contribution in [0, 0.1) is 0 Å². The normalized spacial score (nSPS) is 16.4. The molecule has 2 aromatic rings. The van der Waals surface area contributed by atoms with Gasteiger partial charge in [0, 0.05) is 6.54 Å². The molecule has 0 aliphatic carbocycles. The van der Waals surface area contributed by atoms with Gasteiger partial charge in [-0.05, 0) is 29.8 Å². The Labute approximate surface area is 140 Å². The highest BCUT2D eigenvalue weighted by Gasteiger charge is 2.33. The number of nitrogens with one attached hydrogen (secondary N) is 2. The fourth-order valence-corrected chi connectivity index (χ4v) is 2.32. The van der Waals surface area contributed by atoms with Gasteiger partial charge < -0.3 is 15.4 Å². The SMILES string of the molecule is O=C(NCc1ccc(C(F)(F)F)cc1)C1Oc2ccccc2NC1=O. The Balaban J connectivity index is 1.62. The maximum atomic E-state index is 12.5. The lowest BCUT2D eigenvalue weighted by Crippen LogP contribution is -2.48. The molecule has 0 saturated carbocycles. The van der Waals surface area contributed by atoms with Crippen molar-refractivity contribution in [2.45, 2.75) is 18.8 Å². The molecule has 130 valence electrons. The molecule has 1 unspecified atom stereocenters. The first-order chi connectivity index (χ1) is 11.8. The van der Waals surface area contributed by atoms with Crippen molar-refractivity contribution >= 4 is 17.5 Å². The van der Waals surface area contributed by atoms with Gasteiger partial charge in [0.05, 0.1) is 11.3 Å². The first kappa shape index (κ1) is 16.8. The summed E-state index contributed by atoms with van der Waals surface area (Å²) in [5, 5.41) is 5.05. The number of hydrogen-bond acceptors (Lipinski definition) is 3. The van der Waals surface area contributed by atoms with E-state index in [9.17, 15) is 22.8 Å². The molecule has 25 heavy (non-hydrogen) atoms. The predicted octanol–water partition coefficient (Wildman–Crippen LogP) is 2.72. The van der Waals surface area contributed by atoms with Crippen LogP contribution in [0.25, 0.3) is 0 Å². The molecule has 0 radical (unpaired) electrons. The fraction of sp³-hybridized carbons (Fsp3) is 0.176. The third-order valence-corrected chi connectivity index (χ3v) is 3.61. The van der Waals surface area contributed by atoms with Crippen molar-refractivity contribution in [3.63, 3.8) is 0 Å². The number of carbonyl (C=O) groups excluding carboxylic acids is 2. The van der Waals surface area contributed by atoms with Crippen LogP contribution >= 0.6 is 0 Å². The number of amides is 2. The molecule has 2 N–H and O–H groups in total. The second kappa shape index (κ2) is 6.46. The topological polar surface area (TPSA) is 67.4 Å². The summed E-state index contributed by atoms with van der Waals surface area (Å²) in [6.45, 7) is -0.0221. The van der Waals surface area contributed by atoms with Crippen LogP contribution in [-0.2, 0) is 22.3 Å². The van der Waals surface area contributed by atoms with Crippen LogP contribution in [0.4, 0.5) is 18.9 Å². The van der Waals surface area contributed by atoms with E-state index in [-0.39, 0.29) is 6.54 Å². The second-order valence-corrected chi connectivity index (χ2v) is 5.40. The van der Waals surface area contributed by atoms with Crippen molar-refractivity contribution in [2.75, 3.05) is 5.32 Å². The van der Waals surface area contributed by atoms with Gasteiger partial charge in [0.2, 0.25) is 0 Å². The lowest BCUT2D eigenvalue weighted by Gasteiger charge is -2.24. The lowest BCUT2D eigenvalue weighted by atomic mass is 10.1. The lowest BCUT2D eigenvalue weighted by molar-refractivity contribution is -0.138. The number of alkyl halides is 3. The Morgan fingerprint density at radius 2 is 1.80 bits per heavy atom. The van der Waals surface area contributed by atoms with Crippen molar-refractivity contribution < 1.29 is 27.5 Å². The number of benzene rings is 2. The number of ether oxygens (including phenoxy) is 1. The van der Waals surface area contributed by atoms with Crippen molar-refractivity contribution in [1.82, 2.24) is 5.32 Å². The molecular weight excluding hydrogens is 337 g/mol. The summed E-state index contributed by atoms with van der Waals surface area (Å²) in [5.41, 5.74) is 0.173. The van der Waals surface area contributed by atoms with Crippen LogP contribution in [0.2, 0.25) is 0 Å². The zero-order valence-electron chi connectivity index (χ0n) is 12.8. The molecule has 0 bridgehead atoms. The van der Waals surface area contributed by atoms with Crippen molar-refractivity contribution in [1.29, 1.82) is 0 Å². The maximum Gasteiger partial charge on any atom is 0.416 e. The largest absolute Gasteiger partial charge is 0.468 e. The number of rotatable bonds is 3. The second-order valence-electron chi connectivity index (χ2n) is 5.40. The van der Waals surface area contributed by atoms with Crippen LogP contribution in [0.3, 0.4) is 0 Å². The molecule has 1 atom stereocenters. The first-order valence-corrected chi connectivity index (χ1v) is 7.35. The summed E-state index contributed by atoms with van der Waals surface area (Å²) in [4.78, 5) is 24.1. The van der Waals surface area contributed by atoms with Crippen LogP contribution in [0.1, 0.15) is 11.1 Å². The molecular formula is C17H13F3N2O3. The number of halogens is 3. The molecule has 3 rings (SSSR count). The number of carbonyl (C=O) groups is 2.